The fourth-order valence-corrected chi connectivity index (χ4v) is 5.64. The lowest BCUT2D eigenvalue weighted by Crippen LogP contribution is -2.59. The van der Waals surface area contributed by atoms with E-state index < -0.39 is 5.66 Å². The lowest BCUT2D eigenvalue weighted by molar-refractivity contribution is -0.134. The quantitative estimate of drug-likeness (QED) is 0.533. The van der Waals surface area contributed by atoms with Crippen LogP contribution in [0, 0.1) is 6.92 Å². The Balaban J connectivity index is 1.20. The van der Waals surface area contributed by atoms with Crippen molar-refractivity contribution >= 4 is 17.6 Å². The molecule has 0 saturated carbocycles. The zero-order valence-electron chi connectivity index (χ0n) is 21.5. The lowest BCUT2D eigenvalue weighted by Gasteiger charge is -2.44. The zero-order valence-corrected chi connectivity index (χ0v) is 21.5. The normalized spacial score (nSPS) is 19.7. The smallest absolute Gasteiger partial charge is 0.321 e. The van der Waals surface area contributed by atoms with Crippen molar-refractivity contribution in [2.24, 2.45) is 0 Å². The highest BCUT2D eigenvalue weighted by atomic mass is 16.7. The number of carbonyl (C=O) groups excluding carboxylic acids is 2. The fourth-order valence-electron chi connectivity index (χ4n) is 5.64. The Hall–Kier alpha value is -4.04. The number of amides is 3. The van der Waals surface area contributed by atoms with Crippen molar-refractivity contribution in [2.75, 3.05) is 25.2 Å². The standard InChI is InChI=1S/C30H32N4O4/c1-21-7-10-24(11-8-21)31-29(36)33-15-13-30(14-16-33)32-25(17-22-5-3-2-4-6-22)28(35)34(30)19-23-9-12-26-27(18-23)38-20-37-26/h2-12,18,25,32H,13-17,19-20H2,1H3,(H,31,36)/t25-/m0/s1. The molecule has 3 heterocycles. The van der Waals surface area contributed by atoms with E-state index in [2.05, 4.69) is 22.8 Å². The number of hydrogen-bond acceptors (Lipinski definition) is 5. The Bertz CT molecular complexity index is 1320. The highest BCUT2D eigenvalue weighted by Crippen LogP contribution is 2.37. The molecule has 2 fully saturated rings. The van der Waals surface area contributed by atoms with Gasteiger partial charge in [0.2, 0.25) is 12.7 Å². The summed E-state index contributed by atoms with van der Waals surface area (Å²) in [6, 6.07) is 23.3. The minimum absolute atomic E-state index is 0.0871. The summed E-state index contributed by atoms with van der Waals surface area (Å²) in [7, 11) is 0. The lowest BCUT2D eigenvalue weighted by atomic mass is 9.95. The molecular formula is C30H32N4O4. The number of piperidine rings is 1. The topological polar surface area (TPSA) is 83.1 Å². The Morgan fingerprint density at radius 3 is 2.47 bits per heavy atom. The van der Waals surface area contributed by atoms with Crippen LogP contribution in [-0.4, -0.2) is 53.3 Å². The van der Waals surface area contributed by atoms with Crippen molar-refractivity contribution in [3.63, 3.8) is 0 Å². The molecule has 1 spiro atoms. The van der Waals surface area contributed by atoms with Crippen molar-refractivity contribution in [3.8, 4) is 11.5 Å². The molecule has 0 aromatic heterocycles. The Morgan fingerprint density at radius 1 is 0.974 bits per heavy atom. The molecule has 1 atom stereocenters. The van der Waals surface area contributed by atoms with E-state index in [9.17, 15) is 9.59 Å². The Morgan fingerprint density at radius 2 is 1.71 bits per heavy atom. The SMILES string of the molecule is Cc1ccc(NC(=O)N2CCC3(CC2)N[C@@H](Cc2ccccc2)C(=O)N3Cc2ccc3c(c2)OCO3)cc1. The molecular weight excluding hydrogens is 480 g/mol. The van der Waals surface area contributed by atoms with E-state index >= 15 is 0 Å². The highest BCUT2D eigenvalue weighted by molar-refractivity contribution is 5.89. The maximum absolute atomic E-state index is 13.8. The van der Waals surface area contributed by atoms with Crippen molar-refractivity contribution in [1.29, 1.82) is 0 Å². The van der Waals surface area contributed by atoms with Gasteiger partial charge in [0.25, 0.3) is 0 Å². The fraction of sp³-hybridized carbons (Fsp3) is 0.333. The molecule has 3 aliphatic rings. The van der Waals surface area contributed by atoms with Crippen LogP contribution < -0.4 is 20.1 Å². The van der Waals surface area contributed by atoms with Crippen LogP contribution in [0.3, 0.4) is 0 Å². The maximum atomic E-state index is 13.8. The summed E-state index contributed by atoms with van der Waals surface area (Å²) in [6.45, 7) is 3.79. The van der Waals surface area contributed by atoms with Gasteiger partial charge in [-0.15, -0.1) is 0 Å². The van der Waals surface area contributed by atoms with Crippen molar-refractivity contribution < 1.29 is 19.1 Å². The van der Waals surface area contributed by atoms with Crippen LogP contribution in [0.15, 0.2) is 72.8 Å². The first-order valence-corrected chi connectivity index (χ1v) is 13.1. The summed E-state index contributed by atoms with van der Waals surface area (Å²) in [4.78, 5) is 30.6. The van der Waals surface area contributed by atoms with Gasteiger partial charge in [-0.3, -0.25) is 10.1 Å². The van der Waals surface area contributed by atoms with E-state index in [1.165, 1.54) is 0 Å². The van der Waals surface area contributed by atoms with Crippen molar-refractivity contribution in [2.45, 2.75) is 44.4 Å². The predicted octanol–water partition coefficient (Wildman–Crippen LogP) is 4.29. The average Bonchev–Trinajstić information content (AvgIpc) is 3.49. The number of ether oxygens (including phenoxy) is 2. The summed E-state index contributed by atoms with van der Waals surface area (Å²) in [5.74, 6) is 1.52. The number of rotatable bonds is 5. The first-order valence-electron chi connectivity index (χ1n) is 13.1. The van der Waals surface area contributed by atoms with Crippen molar-refractivity contribution in [3.05, 3.63) is 89.5 Å². The first-order chi connectivity index (χ1) is 18.5. The molecule has 0 aliphatic carbocycles. The third kappa shape index (κ3) is 4.79. The predicted molar refractivity (Wildman–Crippen MR) is 144 cm³/mol. The van der Waals surface area contributed by atoms with E-state index in [0.29, 0.717) is 44.6 Å². The van der Waals surface area contributed by atoms with E-state index in [-0.39, 0.29) is 24.8 Å². The Kier molecular flexibility index (Phi) is 6.41. The maximum Gasteiger partial charge on any atom is 0.321 e. The number of carbonyl (C=O) groups is 2. The summed E-state index contributed by atoms with van der Waals surface area (Å²) < 4.78 is 11.0. The van der Waals surface area contributed by atoms with E-state index in [1.54, 1.807) is 0 Å². The summed E-state index contributed by atoms with van der Waals surface area (Å²) in [5.41, 5.74) is 3.51. The zero-order chi connectivity index (χ0) is 26.1. The van der Waals surface area contributed by atoms with Crippen molar-refractivity contribution in [1.82, 2.24) is 15.1 Å². The van der Waals surface area contributed by atoms with E-state index in [1.807, 2.05) is 77.4 Å². The molecule has 8 nitrogen and oxygen atoms in total. The van der Waals surface area contributed by atoms with Crippen LogP contribution in [0.4, 0.5) is 10.5 Å². The monoisotopic (exact) mass is 512 g/mol. The molecule has 2 saturated heterocycles. The van der Waals surface area contributed by atoms with Gasteiger partial charge in [-0.2, -0.15) is 0 Å². The van der Waals surface area contributed by atoms with Crippen LogP contribution >= 0.6 is 0 Å². The number of anilines is 1. The second-order valence-corrected chi connectivity index (χ2v) is 10.3. The minimum atomic E-state index is -0.520. The molecule has 3 aromatic carbocycles. The first kappa shape index (κ1) is 24.3. The average molecular weight is 513 g/mol. The van der Waals surface area contributed by atoms with Crippen LogP contribution in [-0.2, 0) is 17.8 Å². The number of urea groups is 1. The summed E-state index contributed by atoms with van der Waals surface area (Å²) in [5, 5.41) is 6.71. The largest absolute Gasteiger partial charge is 0.454 e. The molecule has 38 heavy (non-hydrogen) atoms. The number of nitrogens with zero attached hydrogens (tertiary/aromatic N) is 2. The van der Waals surface area contributed by atoms with Gasteiger partial charge in [0, 0.05) is 38.2 Å². The molecule has 6 rings (SSSR count). The van der Waals surface area contributed by atoms with Gasteiger partial charge in [0.05, 0.1) is 11.7 Å². The molecule has 0 radical (unpaired) electrons. The van der Waals surface area contributed by atoms with E-state index in [4.69, 9.17) is 9.47 Å². The van der Waals surface area contributed by atoms with Crippen LogP contribution in [0.2, 0.25) is 0 Å². The van der Waals surface area contributed by atoms with Gasteiger partial charge in [-0.1, -0.05) is 54.1 Å². The van der Waals surface area contributed by atoms with Gasteiger partial charge in [0.15, 0.2) is 11.5 Å². The molecule has 3 aromatic rings. The molecule has 8 heteroatoms. The number of fused-ring (bicyclic) bond motifs is 1. The van der Waals surface area contributed by atoms with E-state index in [0.717, 1.165) is 28.1 Å². The number of benzene rings is 3. The second kappa shape index (κ2) is 10.0. The number of hydrogen-bond donors (Lipinski definition) is 2. The van der Waals surface area contributed by atoms with Gasteiger partial charge >= 0.3 is 6.03 Å². The number of likely N-dealkylation sites (tertiary alicyclic amines) is 1. The van der Waals surface area contributed by atoms with Gasteiger partial charge in [0.1, 0.15) is 0 Å². The molecule has 3 amide bonds. The number of aryl methyl sites for hydroxylation is 1. The van der Waals surface area contributed by atoms with Gasteiger partial charge < -0.3 is 24.6 Å². The molecule has 0 unspecified atom stereocenters. The van der Waals surface area contributed by atoms with Crippen LogP contribution in [0.1, 0.15) is 29.5 Å². The summed E-state index contributed by atoms with van der Waals surface area (Å²) >= 11 is 0. The Labute approximate surface area is 222 Å². The van der Waals surface area contributed by atoms with Crippen LogP contribution in [0.25, 0.3) is 0 Å². The third-order valence-corrected chi connectivity index (χ3v) is 7.76. The van der Waals surface area contributed by atoms with Crippen LogP contribution in [0.5, 0.6) is 11.5 Å². The number of nitrogens with one attached hydrogen (secondary N) is 2. The molecule has 3 aliphatic heterocycles. The molecule has 0 bridgehead atoms. The third-order valence-electron chi connectivity index (χ3n) is 7.76. The van der Waals surface area contributed by atoms with Gasteiger partial charge in [-0.25, -0.2) is 4.79 Å². The molecule has 196 valence electrons. The molecule has 2 N–H and O–H groups in total. The summed E-state index contributed by atoms with van der Waals surface area (Å²) in [6.07, 6.45) is 1.92. The highest BCUT2D eigenvalue weighted by Gasteiger charge is 2.51. The minimum Gasteiger partial charge on any atom is -0.454 e. The van der Waals surface area contributed by atoms with Gasteiger partial charge in [-0.05, 0) is 48.7 Å². The second-order valence-electron chi connectivity index (χ2n) is 10.3.